The van der Waals surface area contributed by atoms with Crippen molar-refractivity contribution >= 4 is 11.8 Å². The lowest BCUT2D eigenvalue weighted by molar-refractivity contribution is -0.132. The van der Waals surface area contributed by atoms with Gasteiger partial charge in [-0.3, -0.25) is 25.1 Å². The molecule has 2 unspecified atom stereocenters. The van der Waals surface area contributed by atoms with Gasteiger partial charge in [0, 0.05) is 63.2 Å². The first-order chi connectivity index (χ1) is 23.9. The van der Waals surface area contributed by atoms with Crippen LogP contribution in [0.2, 0.25) is 0 Å². The highest BCUT2D eigenvalue weighted by Gasteiger charge is 2.42. The average Bonchev–Trinajstić information content (AvgIpc) is 3.67. The second kappa shape index (κ2) is 17.3. The van der Waals surface area contributed by atoms with E-state index in [2.05, 4.69) is 38.0 Å². The van der Waals surface area contributed by atoms with Crippen LogP contribution in [0.15, 0.2) is 35.2 Å². The Morgan fingerprint density at radius 3 is 2.61 bits per heavy atom. The van der Waals surface area contributed by atoms with Gasteiger partial charge in [-0.15, -0.1) is 0 Å². The predicted octanol–water partition coefficient (Wildman–Crippen LogP) is 4.28. The molecule has 49 heavy (non-hydrogen) atoms. The van der Waals surface area contributed by atoms with E-state index in [0.717, 1.165) is 76.9 Å². The number of piperidine rings is 2. The second-order valence-corrected chi connectivity index (χ2v) is 15.0. The molecule has 2 aromatic rings. The highest BCUT2D eigenvalue weighted by Crippen LogP contribution is 2.37. The van der Waals surface area contributed by atoms with Gasteiger partial charge in [-0.1, -0.05) is 51.5 Å². The van der Waals surface area contributed by atoms with Crippen LogP contribution < -0.4 is 20.7 Å². The summed E-state index contributed by atoms with van der Waals surface area (Å²) in [6.45, 7) is 6.26. The Bertz CT molecular complexity index is 1340. The Balaban J connectivity index is 1.00. The van der Waals surface area contributed by atoms with Crippen LogP contribution in [0.3, 0.4) is 0 Å². The Labute approximate surface area is 291 Å². The molecule has 0 radical (unpaired) electrons. The number of amides is 2. The zero-order chi connectivity index (χ0) is 34.1. The molecule has 1 spiro atoms. The topological polar surface area (TPSA) is 132 Å². The van der Waals surface area contributed by atoms with Gasteiger partial charge in [0.15, 0.2) is 12.2 Å². The number of ether oxygens (including phenoxy) is 1. The number of carbonyl (C=O) groups is 2. The molecular weight excluding hydrogens is 620 g/mol. The third-order valence-electron chi connectivity index (χ3n) is 11.3. The minimum absolute atomic E-state index is 0.0398. The Morgan fingerprint density at radius 2 is 1.88 bits per heavy atom. The number of hydrogen-bond acceptors (Lipinski definition) is 9. The van der Waals surface area contributed by atoms with Gasteiger partial charge in [0.25, 0.3) is 0 Å². The lowest BCUT2D eigenvalue weighted by atomic mass is 9.74. The monoisotopic (exact) mass is 678 g/mol. The third kappa shape index (κ3) is 10.1. The Kier molecular flexibility index (Phi) is 12.6. The largest absolute Gasteiger partial charge is 0.486 e. The third-order valence-corrected chi connectivity index (χ3v) is 11.3. The van der Waals surface area contributed by atoms with Gasteiger partial charge in [-0.05, 0) is 68.2 Å². The number of rotatable bonds is 11. The van der Waals surface area contributed by atoms with Crippen LogP contribution in [0.1, 0.15) is 107 Å². The molecule has 270 valence electrons. The molecule has 11 heteroatoms. The highest BCUT2D eigenvalue weighted by molar-refractivity contribution is 5.79. The number of nitrogens with one attached hydrogen (secondary N) is 3. The lowest BCUT2D eigenvalue weighted by Crippen LogP contribution is -2.64. The fourth-order valence-electron chi connectivity index (χ4n) is 8.57. The Morgan fingerprint density at radius 1 is 1.10 bits per heavy atom. The molecule has 3 fully saturated rings. The van der Waals surface area contributed by atoms with Gasteiger partial charge in [-0.25, -0.2) is 4.98 Å². The molecule has 2 saturated heterocycles. The number of aromatic nitrogens is 1. The molecule has 1 aliphatic carbocycles. The second-order valence-electron chi connectivity index (χ2n) is 15.0. The van der Waals surface area contributed by atoms with E-state index in [1.165, 1.54) is 56.0 Å². The van der Waals surface area contributed by atoms with E-state index in [1.807, 2.05) is 17.9 Å². The normalized spacial score (nSPS) is 24.3. The summed E-state index contributed by atoms with van der Waals surface area (Å²) < 4.78 is 11.1. The van der Waals surface area contributed by atoms with Gasteiger partial charge < -0.3 is 24.5 Å². The van der Waals surface area contributed by atoms with Crippen LogP contribution in [0, 0.1) is 5.92 Å². The van der Waals surface area contributed by atoms with Crippen molar-refractivity contribution in [2.24, 2.45) is 5.92 Å². The van der Waals surface area contributed by atoms with Crippen molar-refractivity contribution in [3.8, 4) is 5.75 Å². The van der Waals surface area contributed by atoms with Gasteiger partial charge in [-0.2, -0.15) is 0 Å². The smallest absolute Gasteiger partial charge is 0.223 e. The molecule has 11 nitrogen and oxygen atoms in total. The van der Waals surface area contributed by atoms with Gasteiger partial charge in [0.1, 0.15) is 12.4 Å². The number of aliphatic hydroxyl groups excluding tert-OH is 1. The summed E-state index contributed by atoms with van der Waals surface area (Å²) >= 11 is 0. The summed E-state index contributed by atoms with van der Waals surface area (Å²) in [5.41, 5.74) is 2.47. The summed E-state index contributed by atoms with van der Waals surface area (Å²) in [6.07, 6.45) is 17.1. The molecule has 6 rings (SSSR count). The summed E-state index contributed by atoms with van der Waals surface area (Å²) in [5.74, 6) is 1.71. The molecule has 3 aliphatic heterocycles. The molecule has 1 aromatic heterocycles. The summed E-state index contributed by atoms with van der Waals surface area (Å²) in [6, 6.07) is 6.52. The van der Waals surface area contributed by atoms with Crippen LogP contribution in [0.4, 0.5) is 0 Å². The van der Waals surface area contributed by atoms with E-state index in [4.69, 9.17) is 9.15 Å². The minimum atomic E-state index is -0.638. The maximum Gasteiger partial charge on any atom is 0.223 e. The standard InChI is InChI=1S/C38H58N6O5/c1-2-36(46)44-17-12-31(13-18-44)41-35-20-30(21-38(42-35)14-7-5-3-4-6-8-15-38)37(47)40-22-32(45)25-43-16-11-28-19-33(10-9-29(28)24-43)48-26-34-23-39-27-49-34/h9-10,19,23,27,30-32,35,41-42,45H,2-8,11-18,20-22,24-26H2,1H3,(H,40,47)/t30?,32-,35?/m0/s1. The Hall–Kier alpha value is -2.99. The predicted molar refractivity (Wildman–Crippen MR) is 188 cm³/mol. The molecule has 1 aromatic carbocycles. The maximum atomic E-state index is 13.8. The van der Waals surface area contributed by atoms with Crippen molar-refractivity contribution in [3.63, 3.8) is 0 Å². The van der Waals surface area contributed by atoms with Crippen LogP contribution in [-0.4, -0.2) is 88.3 Å². The summed E-state index contributed by atoms with van der Waals surface area (Å²) in [7, 11) is 0. The van der Waals surface area contributed by atoms with Crippen molar-refractivity contribution in [3.05, 3.63) is 47.7 Å². The number of fused-ring (bicyclic) bond motifs is 1. The van der Waals surface area contributed by atoms with Crippen LogP contribution in [0.25, 0.3) is 0 Å². The lowest BCUT2D eigenvalue weighted by Gasteiger charge is -2.47. The van der Waals surface area contributed by atoms with E-state index in [9.17, 15) is 14.7 Å². The number of hydrogen-bond donors (Lipinski definition) is 4. The number of nitrogens with zero attached hydrogens (tertiary/aromatic N) is 3. The number of carbonyl (C=O) groups excluding carboxylic acids is 2. The fourth-order valence-corrected chi connectivity index (χ4v) is 8.57. The molecule has 3 atom stereocenters. The minimum Gasteiger partial charge on any atom is -0.486 e. The summed E-state index contributed by atoms with van der Waals surface area (Å²) in [4.78, 5) is 34.2. The molecule has 4 heterocycles. The molecule has 2 amide bonds. The number of likely N-dealkylation sites (tertiary alicyclic amines) is 1. The summed E-state index contributed by atoms with van der Waals surface area (Å²) in [5, 5.41) is 22.1. The van der Waals surface area contributed by atoms with Gasteiger partial charge in [0.2, 0.25) is 11.8 Å². The first-order valence-electron chi connectivity index (χ1n) is 19.0. The van der Waals surface area contributed by atoms with Gasteiger partial charge in [0.05, 0.1) is 18.5 Å². The van der Waals surface area contributed by atoms with Crippen molar-refractivity contribution in [2.45, 2.75) is 134 Å². The number of β-amino-alcohol motifs (C(OH)–C–C–N with tert-alkyl or cyclic N) is 1. The maximum absolute atomic E-state index is 13.8. The SMILES string of the molecule is CCC(=O)N1CCC(NC2CC(C(=O)NC[C@H](O)CN3CCc4cc(OCc5cnco5)ccc4C3)CC3(CCCCCCCC3)N2)CC1. The average molecular weight is 679 g/mol. The number of aliphatic hydroxyl groups is 1. The van der Waals surface area contributed by atoms with Crippen molar-refractivity contribution in [2.75, 3.05) is 32.7 Å². The van der Waals surface area contributed by atoms with Gasteiger partial charge >= 0.3 is 0 Å². The highest BCUT2D eigenvalue weighted by atomic mass is 16.5. The van der Waals surface area contributed by atoms with Crippen molar-refractivity contribution < 1.29 is 23.8 Å². The molecular formula is C38H58N6O5. The molecule has 1 saturated carbocycles. The zero-order valence-corrected chi connectivity index (χ0v) is 29.5. The van der Waals surface area contributed by atoms with E-state index < -0.39 is 6.10 Å². The molecule has 4 N–H and O–H groups in total. The van der Waals surface area contributed by atoms with Crippen LogP contribution in [0.5, 0.6) is 5.75 Å². The van der Waals surface area contributed by atoms with Crippen LogP contribution >= 0.6 is 0 Å². The van der Waals surface area contributed by atoms with Crippen molar-refractivity contribution in [1.29, 1.82) is 0 Å². The molecule has 0 bridgehead atoms. The van der Waals surface area contributed by atoms with E-state index in [1.54, 1.807) is 6.20 Å². The zero-order valence-electron chi connectivity index (χ0n) is 29.5. The van der Waals surface area contributed by atoms with E-state index in [0.29, 0.717) is 31.4 Å². The fraction of sp³-hybridized carbons (Fsp3) is 0.711. The first-order valence-corrected chi connectivity index (χ1v) is 19.0. The number of oxazole rings is 1. The van der Waals surface area contributed by atoms with E-state index in [-0.39, 0.29) is 36.0 Å². The quantitative estimate of drug-likeness (QED) is 0.275. The molecule has 4 aliphatic rings. The number of benzene rings is 1. The van der Waals surface area contributed by atoms with Crippen LogP contribution in [-0.2, 0) is 29.2 Å². The van der Waals surface area contributed by atoms with E-state index >= 15 is 0 Å². The first kappa shape index (κ1) is 35.8. The van der Waals surface area contributed by atoms with Crippen molar-refractivity contribution in [1.82, 2.24) is 30.7 Å².